The van der Waals surface area contributed by atoms with Crippen LogP contribution < -0.4 is 4.90 Å². The van der Waals surface area contributed by atoms with Crippen molar-refractivity contribution in [2.75, 3.05) is 24.7 Å². The molecule has 0 spiro atoms. The second-order valence-electron chi connectivity index (χ2n) is 8.60. The molecule has 0 amide bonds. The van der Waals surface area contributed by atoms with Crippen LogP contribution in [0.15, 0.2) is 29.6 Å². The second kappa shape index (κ2) is 6.94. The van der Waals surface area contributed by atoms with Crippen molar-refractivity contribution in [3.05, 3.63) is 45.8 Å². The van der Waals surface area contributed by atoms with Gasteiger partial charge in [-0.1, -0.05) is 43.4 Å². The van der Waals surface area contributed by atoms with Crippen LogP contribution in [0, 0.1) is 5.41 Å². The molecular formula is C22H24N2O2S2. The summed E-state index contributed by atoms with van der Waals surface area (Å²) in [6.07, 6.45) is 2.44. The van der Waals surface area contributed by atoms with Gasteiger partial charge in [0.1, 0.15) is 0 Å². The Morgan fingerprint density at radius 3 is 3.04 bits per heavy atom. The summed E-state index contributed by atoms with van der Waals surface area (Å²) in [7, 11) is 0. The maximum atomic E-state index is 12.6. The summed E-state index contributed by atoms with van der Waals surface area (Å²) in [5, 5.41) is 4.60. The number of ether oxygens (including phenoxy) is 1. The van der Waals surface area contributed by atoms with E-state index in [-0.39, 0.29) is 17.2 Å². The molecule has 0 bridgehead atoms. The van der Waals surface area contributed by atoms with Crippen LogP contribution in [-0.4, -0.2) is 36.6 Å². The van der Waals surface area contributed by atoms with Crippen LogP contribution in [-0.2, 0) is 17.6 Å². The maximum absolute atomic E-state index is 12.6. The third-order valence-corrected chi connectivity index (χ3v) is 7.90. The van der Waals surface area contributed by atoms with Gasteiger partial charge in [-0.05, 0) is 40.7 Å². The van der Waals surface area contributed by atoms with Crippen LogP contribution in [0.5, 0.6) is 0 Å². The summed E-state index contributed by atoms with van der Waals surface area (Å²) in [6, 6.07) is 8.84. The Balaban J connectivity index is 1.45. The topological polar surface area (TPSA) is 42.4 Å². The number of Topliss-reactive ketones (excluding diaryl/α,β-unsaturated/α-hetero) is 1. The Morgan fingerprint density at radius 2 is 2.14 bits per heavy atom. The molecule has 1 aliphatic carbocycles. The maximum Gasteiger partial charge on any atom is 0.186 e. The zero-order valence-electron chi connectivity index (χ0n) is 16.2. The number of rotatable bonds is 3. The van der Waals surface area contributed by atoms with Crippen molar-refractivity contribution in [1.29, 1.82) is 0 Å². The van der Waals surface area contributed by atoms with Crippen molar-refractivity contribution in [2.24, 2.45) is 5.41 Å². The van der Waals surface area contributed by atoms with E-state index < -0.39 is 0 Å². The Hall–Kier alpha value is -1.76. The predicted octanol–water partition coefficient (Wildman–Crippen LogP) is 4.96. The molecular weight excluding hydrogens is 388 g/mol. The highest BCUT2D eigenvalue weighted by Crippen LogP contribution is 2.40. The quantitative estimate of drug-likeness (QED) is 0.610. The Labute approximate surface area is 173 Å². The molecule has 1 unspecified atom stereocenters. The highest BCUT2D eigenvalue weighted by Gasteiger charge is 2.36. The number of benzene rings is 1. The largest absolute Gasteiger partial charge is 0.377 e. The highest BCUT2D eigenvalue weighted by atomic mass is 32.1. The second-order valence-corrected chi connectivity index (χ2v) is 10.5. The fourth-order valence-corrected chi connectivity index (χ4v) is 6.44. The van der Waals surface area contributed by atoms with Gasteiger partial charge in [-0.25, -0.2) is 4.98 Å². The van der Waals surface area contributed by atoms with Crippen molar-refractivity contribution in [3.8, 4) is 0 Å². The lowest BCUT2D eigenvalue weighted by molar-refractivity contribution is 0.0915. The summed E-state index contributed by atoms with van der Waals surface area (Å²) < 4.78 is 7.15. The average molecular weight is 413 g/mol. The number of hydrogen-bond acceptors (Lipinski definition) is 6. The van der Waals surface area contributed by atoms with E-state index in [1.165, 1.54) is 15.6 Å². The third-order valence-electron chi connectivity index (χ3n) is 5.71. The monoisotopic (exact) mass is 412 g/mol. The number of aromatic nitrogens is 1. The van der Waals surface area contributed by atoms with Crippen LogP contribution in [0.2, 0.25) is 0 Å². The summed E-state index contributed by atoms with van der Waals surface area (Å²) in [4.78, 5) is 20.8. The average Bonchev–Trinajstić information content (AvgIpc) is 3.26. The SMILES string of the molecule is CC1(C)CC(=O)c2sc(N3CCOCC3Cc3csc4ccccc34)nc2C1. The fourth-order valence-electron chi connectivity index (χ4n) is 4.35. The number of thiophene rings is 1. The van der Waals surface area contributed by atoms with Crippen molar-refractivity contribution in [1.82, 2.24) is 4.98 Å². The number of ketones is 1. The summed E-state index contributed by atoms with van der Waals surface area (Å²) >= 11 is 3.39. The van der Waals surface area contributed by atoms with Crippen molar-refractivity contribution >= 4 is 43.7 Å². The molecule has 1 aromatic carbocycles. The number of nitrogens with zero attached hydrogens (tertiary/aromatic N) is 2. The first-order valence-electron chi connectivity index (χ1n) is 9.83. The summed E-state index contributed by atoms with van der Waals surface area (Å²) in [6.45, 7) is 6.56. The number of anilines is 1. The van der Waals surface area contributed by atoms with Gasteiger partial charge in [0.15, 0.2) is 10.9 Å². The van der Waals surface area contributed by atoms with E-state index in [0.717, 1.165) is 35.1 Å². The number of thiazole rings is 1. The lowest BCUT2D eigenvalue weighted by atomic mass is 9.78. The molecule has 28 heavy (non-hydrogen) atoms. The van der Waals surface area contributed by atoms with Crippen LogP contribution in [0.25, 0.3) is 10.1 Å². The van der Waals surface area contributed by atoms with Gasteiger partial charge < -0.3 is 9.64 Å². The number of carbonyl (C=O) groups is 1. The van der Waals surface area contributed by atoms with Crippen molar-refractivity contribution < 1.29 is 9.53 Å². The zero-order chi connectivity index (χ0) is 19.3. The van der Waals surface area contributed by atoms with E-state index in [2.05, 4.69) is 48.4 Å². The van der Waals surface area contributed by atoms with Gasteiger partial charge in [0.2, 0.25) is 0 Å². The van der Waals surface area contributed by atoms with Crippen molar-refractivity contribution in [2.45, 2.75) is 39.2 Å². The smallest absolute Gasteiger partial charge is 0.186 e. The van der Waals surface area contributed by atoms with Gasteiger partial charge >= 0.3 is 0 Å². The summed E-state index contributed by atoms with van der Waals surface area (Å²) in [5.74, 6) is 0.253. The lowest BCUT2D eigenvalue weighted by Crippen LogP contribution is -2.46. The first-order chi connectivity index (χ1) is 13.5. The number of morpholine rings is 1. The van der Waals surface area contributed by atoms with Gasteiger partial charge in [-0.15, -0.1) is 11.3 Å². The minimum atomic E-state index is 0.00936. The minimum Gasteiger partial charge on any atom is -0.377 e. The highest BCUT2D eigenvalue weighted by molar-refractivity contribution is 7.18. The van der Waals surface area contributed by atoms with Gasteiger partial charge in [-0.3, -0.25) is 4.79 Å². The Kier molecular flexibility index (Phi) is 4.53. The standard InChI is InChI=1S/C22H24N2O2S2/c1-22(2)10-17-20(18(25)11-22)28-21(23-17)24-7-8-26-12-15(24)9-14-13-27-19-6-4-3-5-16(14)19/h3-6,13,15H,7-12H2,1-2H3. The van der Waals surface area contributed by atoms with Crippen LogP contribution in [0.3, 0.4) is 0 Å². The molecule has 146 valence electrons. The van der Waals surface area contributed by atoms with Gasteiger partial charge in [0.05, 0.1) is 29.8 Å². The predicted molar refractivity (Wildman–Crippen MR) is 116 cm³/mol. The van der Waals surface area contributed by atoms with E-state index in [1.807, 2.05) is 0 Å². The van der Waals surface area contributed by atoms with Gasteiger partial charge in [-0.2, -0.15) is 0 Å². The molecule has 6 heteroatoms. The van der Waals surface area contributed by atoms with Crippen molar-refractivity contribution in [3.63, 3.8) is 0 Å². The molecule has 2 aromatic heterocycles. The molecule has 3 aromatic rings. The molecule has 2 aliphatic rings. The van der Waals surface area contributed by atoms with Crippen LogP contribution in [0.1, 0.15) is 41.2 Å². The van der Waals surface area contributed by atoms with E-state index in [9.17, 15) is 4.79 Å². The van der Waals surface area contributed by atoms with E-state index >= 15 is 0 Å². The molecule has 0 radical (unpaired) electrons. The third kappa shape index (κ3) is 3.27. The van der Waals surface area contributed by atoms with Crippen LogP contribution in [0.4, 0.5) is 5.13 Å². The van der Waals surface area contributed by atoms with Gasteiger partial charge in [0, 0.05) is 17.7 Å². The van der Waals surface area contributed by atoms with Crippen LogP contribution >= 0.6 is 22.7 Å². The molecule has 5 rings (SSSR count). The Morgan fingerprint density at radius 1 is 1.29 bits per heavy atom. The normalized spacial score (nSPS) is 21.9. The molecule has 4 nitrogen and oxygen atoms in total. The fraction of sp³-hybridized carbons (Fsp3) is 0.455. The van der Waals surface area contributed by atoms with E-state index in [0.29, 0.717) is 19.6 Å². The molecule has 1 aliphatic heterocycles. The first-order valence-corrected chi connectivity index (χ1v) is 11.5. The molecule has 3 heterocycles. The first kappa shape index (κ1) is 18.3. The zero-order valence-corrected chi connectivity index (χ0v) is 17.9. The molecule has 1 fully saturated rings. The number of fused-ring (bicyclic) bond motifs is 2. The molecule has 0 N–H and O–H groups in total. The van der Waals surface area contributed by atoms with E-state index in [4.69, 9.17) is 9.72 Å². The molecule has 1 saturated heterocycles. The van der Waals surface area contributed by atoms with Gasteiger partial charge in [0.25, 0.3) is 0 Å². The summed E-state index contributed by atoms with van der Waals surface area (Å²) in [5.41, 5.74) is 2.38. The van der Waals surface area contributed by atoms with E-state index in [1.54, 1.807) is 22.7 Å². The Bertz CT molecular complexity index is 1040. The number of hydrogen-bond donors (Lipinski definition) is 0. The number of carbonyl (C=O) groups excluding carboxylic acids is 1. The lowest BCUT2D eigenvalue weighted by Gasteiger charge is -2.35. The minimum absolute atomic E-state index is 0.00936. The molecule has 1 atom stereocenters. The molecule has 0 saturated carbocycles.